The van der Waals surface area contributed by atoms with Gasteiger partial charge in [0, 0.05) is 37.6 Å². The van der Waals surface area contributed by atoms with Crippen LogP contribution in [0.25, 0.3) is 0 Å². The lowest BCUT2D eigenvalue weighted by atomic mass is 10.0. The van der Waals surface area contributed by atoms with E-state index in [-0.39, 0.29) is 17.9 Å². The molecule has 0 spiro atoms. The minimum absolute atomic E-state index is 0.171. The van der Waals surface area contributed by atoms with Crippen LogP contribution in [-0.2, 0) is 35.1 Å². The first kappa shape index (κ1) is 18.0. The lowest BCUT2D eigenvalue weighted by molar-refractivity contribution is -0.137. The van der Waals surface area contributed by atoms with E-state index in [1.165, 1.54) is 16.7 Å². The lowest BCUT2D eigenvalue weighted by Crippen LogP contribution is -2.50. The van der Waals surface area contributed by atoms with Gasteiger partial charge in [-0.25, -0.2) is 0 Å². The summed E-state index contributed by atoms with van der Waals surface area (Å²) in [5, 5.41) is 5.99. The van der Waals surface area contributed by atoms with Gasteiger partial charge >= 0.3 is 0 Å². The molecule has 4 rings (SSSR count). The van der Waals surface area contributed by atoms with Crippen molar-refractivity contribution in [1.29, 1.82) is 0 Å². The van der Waals surface area contributed by atoms with Gasteiger partial charge in [-0.15, -0.1) is 11.6 Å². The van der Waals surface area contributed by atoms with E-state index >= 15 is 0 Å². The predicted octanol–water partition coefficient (Wildman–Crippen LogP) is 3.16. The molecule has 2 aromatic rings. The van der Waals surface area contributed by atoms with Crippen molar-refractivity contribution in [2.24, 2.45) is 0 Å². The molecule has 0 aliphatic carbocycles. The van der Waals surface area contributed by atoms with Crippen molar-refractivity contribution >= 4 is 29.1 Å². The number of carbonyl (C=O) groups is 2. The van der Waals surface area contributed by atoms with E-state index in [0.717, 1.165) is 30.9 Å². The Morgan fingerprint density at radius 1 is 1.07 bits per heavy atom. The van der Waals surface area contributed by atoms with Crippen molar-refractivity contribution in [1.82, 2.24) is 10.2 Å². The number of benzene rings is 2. The molecule has 1 atom stereocenters. The quantitative estimate of drug-likeness (QED) is 0.615. The fourth-order valence-corrected chi connectivity index (χ4v) is 3.99. The Bertz CT molecular complexity index is 866. The van der Waals surface area contributed by atoms with E-state index in [2.05, 4.69) is 39.8 Å². The molecule has 1 fully saturated rings. The number of alkyl halides is 1. The van der Waals surface area contributed by atoms with Crippen molar-refractivity contribution in [3.8, 4) is 0 Å². The number of hydrogen-bond acceptors (Lipinski definition) is 4. The van der Waals surface area contributed by atoms with Crippen molar-refractivity contribution < 1.29 is 9.59 Å². The summed E-state index contributed by atoms with van der Waals surface area (Å²) in [6, 6.07) is 14.3. The first-order chi connectivity index (χ1) is 13.1. The van der Waals surface area contributed by atoms with Gasteiger partial charge < -0.3 is 5.32 Å². The van der Waals surface area contributed by atoms with E-state index in [1.807, 2.05) is 18.2 Å². The highest BCUT2D eigenvalue weighted by Crippen LogP contribution is 2.32. The minimum Gasteiger partial charge on any atom is -0.381 e. The number of rotatable bonds is 5. The highest BCUT2D eigenvalue weighted by molar-refractivity contribution is 6.17. The Kier molecular flexibility index (Phi) is 5.14. The molecule has 2 amide bonds. The predicted molar refractivity (Wildman–Crippen MR) is 105 cm³/mol. The number of amides is 2. The van der Waals surface area contributed by atoms with Gasteiger partial charge in [-0.1, -0.05) is 36.4 Å². The number of piperidine rings is 1. The van der Waals surface area contributed by atoms with Gasteiger partial charge in [0.05, 0.1) is 6.04 Å². The Morgan fingerprint density at radius 2 is 1.85 bits per heavy atom. The van der Waals surface area contributed by atoms with Crippen LogP contribution in [0.5, 0.6) is 0 Å². The van der Waals surface area contributed by atoms with Gasteiger partial charge in [-0.05, 0) is 34.7 Å². The monoisotopic (exact) mass is 383 g/mol. The molecule has 140 valence electrons. The Labute approximate surface area is 163 Å². The SMILES string of the molecule is O=C1CCC(N2Cc3cccc(NCc4ccc(CCl)cc4)c3C2)C(=O)N1. The maximum Gasteiger partial charge on any atom is 0.243 e. The number of nitrogens with one attached hydrogen (secondary N) is 2. The van der Waals surface area contributed by atoms with E-state index in [0.29, 0.717) is 18.7 Å². The van der Waals surface area contributed by atoms with Crippen LogP contribution >= 0.6 is 11.6 Å². The third kappa shape index (κ3) is 3.84. The molecule has 1 saturated heterocycles. The molecule has 0 aromatic heterocycles. The first-order valence-corrected chi connectivity index (χ1v) is 9.73. The van der Waals surface area contributed by atoms with Crippen LogP contribution in [0.4, 0.5) is 5.69 Å². The molecule has 27 heavy (non-hydrogen) atoms. The Balaban J connectivity index is 1.45. The first-order valence-electron chi connectivity index (χ1n) is 9.20. The number of anilines is 1. The van der Waals surface area contributed by atoms with Gasteiger partial charge in [0.25, 0.3) is 0 Å². The fraction of sp³-hybridized carbons (Fsp3) is 0.333. The molecule has 0 saturated carbocycles. The summed E-state index contributed by atoms with van der Waals surface area (Å²) in [5.41, 5.74) is 5.88. The highest BCUT2D eigenvalue weighted by atomic mass is 35.5. The van der Waals surface area contributed by atoms with Crippen molar-refractivity contribution in [2.45, 2.75) is 44.4 Å². The molecular weight excluding hydrogens is 362 g/mol. The van der Waals surface area contributed by atoms with Crippen LogP contribution in [0.1, 0.15) is 35.1 Å². The number of nitrogens with zero attached hydrogens (tertiary/aromatic N) is 1. The zero-order chi connectivity index (χ0) is 18.8. The molecule has 2 aliphatic heterocycles. The number of fused-ring (bicyclic) bond motifs is 1. The lowest BCUT2D eigenvalue weighted by Gasteiger charge is -2.29. The number of hydrogen-bond donors (Lipinski definition) is 2. The van der Waals surface area contributed by atoms with E-state index in [9.17, 15) is 9.59 Å². The number of halogens is 1. The fourth-order valence-electron chi connectivity index (χ4n) is 3.81. The molecular formula is C21H22ClN3O2. The minimum atomic E-state index is -0.231. The normalized spacial score (nSPS) is 19.7. The van der Waals surface area contributed by atoms with E-state index in [4.69, 9.17) is 11.6 Å². The van der Waals surface area contributed by atoms with Gasteiger partial charge in [0.2, 0.25) is 11.8 Å². The van der Waals surface area contributed by atoms with Crippen LogP contribution in [0.3, 0.4) is 0 Å². The summed E-state index contributed by atoms with van der Waals surface area (Å²) in [4.78, 5) is 25.8. The topological polar surface area (TPSA) is 61.4 Å². The molecule has 5 nitrogen and oxygen atoms in total. The summed E-state index contributed by atoms with van der Waals surface area (Å²) in [7, 11) is 0. The van der Waals surface area contributed by atoms with Gasteiger partial charge in [0.15, 0.2) is 0 Å². The third-order valence-corrected chi connectivity index (χ3v) is 5.63. The van der Waals surface area contributed by atoms with Crippen molar-refractivity contribution in [3.05, 3.63) is 64.7 Å². The van der Waals surface area contributed by atoms with E-state index < -0.39 is 0 Å². The molecule has 2 heterocycles. The van der Waals surface area contributed by atoms with Crippen LogP contribution in [0.2, 0.25) is 0 Å². The summed E-state index contributed by atoms with van der Waals surface area (Å²) in [6.45, 7) is 2.19. The second-order valence-corrected chi connectivity index (χ2v) is 7.39. The molecule has 2 N–H and O–H groups in total. The molecule has 2 aromatic carbocycles. The van der Waals surface area contributed by atoms with Gasteiger partial charge in [-0.3, -0.25) is 19.8 Å². The molecule has 6 heteroatoms. The van der Waals surface area contributed by atoms with Gasteiger partial charge in [-0.2, -0.15) is 0 Å². The van der Waals surface area contributed by atoms with Gasteiger partial charge in [0.1, 0.15) is 0 Å². The largest absolute Gasteiger partial charge is 0.381 e. The third-order valence-electron chi connectivity index (χ3n) is 5.32. The summed E-state index contributed by atoms with van der Waals surface area (Å²) >= 11 is 5.84. The standard InChI is InChI=1S/C21H22ClN3O2/c22-10-14-4-6-15(7-5-14)11-23-18-3-1-2-16-12-25(13-17(16)18)19-8-9-20(26)24-21(19)27/h1-7,19,23H,8-13H2,(H,24,26,27). The molecule has 1 unspecified atom stereocenters. The second kappa shape index (κ2) is 7.71. The maximum absolute atomic E-state index is 12.2. The molecule has 2 aliphatic rings. The zero-order valence-corrected chi connectivity index (χ0v) is 15.8. The van der Waals surface area contributed by atoms with Crippen LogP contribution in [0, 0.1) is 0 Å². The van der Waals surface area contributed by atoms with Crippen molar-refractivity contribution in [2.75, 3.05) is 5.32 Å². The average molecular weight is 384 g/mol. The molecule has 0 radical (unpaired) electrons. The summed E-state index contributed by atoms with van der Waals surface area (Å²) < 4.78 is 0. The number of imide groups is 1. The summed E-state index contributed by atoms with van der Waals surface area (Å²) in [5.74, 6) is 0.180. The Hall–Kier alpha value is -2.37. The molecule has 0 bridgehead atoms. The smallest absolute Gasteiger partial charge is 0.243 e. The van der Waals surface area contributed by atoms with E-state index in [1.54, 1.807) is 0 Å². The van der Waals surface area contributed by atoms with Crippen molar-refractivity contribution in [3.63, 3.8) is 0 Å². The second-order valence-electron chi connectivity index (χ2n) is 7.12. The summed E-state index contributed by atoms with van der Waals surface area (Å²) in [6.07, 6.45) is 1.00. The highest BCUT2D eigenvalue weighted by Gasteiger charge is 2.35. The van der Waals surface area contributed by atoms with Crippen LogP contribution < -0.4 is 10.6 Å². The van der Waals surface area contributed by atoms with Crippen LogP contribution in [0.15, 0.2) is 42.5 Å². The average Bonchev–Trinajstić information content (AvgIpc) is 3.11. The van der Waals surface area contributed by atoms with Crippen LogP contribution in [-0.4, -0.2) is 22.8 Å². The zero-order valence-electron chi connectivity index (χ0n) is 15.0. The Morgan fingerprint density at radius 3 is 2.59 bits per heavy atom. The maximum atomic E-state index is 12.2. The number of carbonyl (C=O) groups excluding carboxylic acids is 2.